The minimum absolute atomic E-state index is 0.294. The van der Waals surface area contributed by atoms with Crippen LogP contribution in [-0.4, -0.2) is 25.2 Å². The molecule has 3 rings (SSSR count). The zero-order chi connectivity index (χ0) is 12.4. The van der Waals surface area contributed by atoms with Crippen molar-refractivity contribution in [2.75, 3.05) is 13.1 Å². The van der Waals surface area contributed by atoms with Crippen molar-refractivity contribution in [1.82, 2.24) is 10.6 Å². The predicted octanol–water partition coefficient (Wildman–Crippen LogP) is 1.66. The Kier molecular flexibility index (Phi) is 2.96. The molecule has 2 fully saturated rings. The number of nitrogens with one attached hydrogen (secondary N) is 2. The first kappa shape index (κ1) is 11.5. The number of amides is 1. The number of hydrogen-bond donors (Lipinski definition) is 2. The number of carbonyl (C=O) groups excluding carboxylic acids is 1. The topological polar surface area (TPSA) is 50.4 Å². The summed E-state index contributed by atoms with van der Waals surface area (Å²) in [5.74, 6) is 0. The monoisotopic (exact) mass is 246 g/mol. The van der Waals surface area contributed by atoms with Crippen LogP contribution in [0.2, 0.25) is 0 Å². The lowest BCUT2D eigenvalue weighted by molar-refractivity contribution is 0.00636. The molecule has 4 heteroatoms. The summed E-state index contributed by atoms with van der Waals surface area (Å²) in [6.45, 7) is 2.39. The van der Waals surface area contributed by atoms with Crippen molar-refractivity contribution in [3.63, 3.8) is 0 Å². The van der Waals surface area contributed by atoms with Gasteiger partial charge in [-0.3, -0.25) is 0 Å². The molecule has 4 nitrogen and oxygen atoms in total. The number of hydrogen-bond acceptors (Lipinski definition) is 3. The third-order valence-corrected chi connectivity index (χ3v) is 4.13. The van der Waals surface area contributed by atoms with E-state index in [1.807, 2.05) is 30.3 Å². The largest absolute Gasteiger partial charge is 0.445 e. The second-order valence-corrected chi connectivity index (χ2v) is 5.26. The number of carbonyl (C=O) groups is 1. The Morgan fingerprint density at radius 3 is 2.72 bits per heavy atom. The Labute approximate surface area is 107 Å². The van der Waals surface area contributed by atoms with Crippen LogP contribution in [0.15, 0.2) is 30.3 Å². The molecular formula is C14H18N2O2. The van der Waals surface area contributed by atoms with Crippen molar-refractivity contribution in [3.8, 4) is 0 Å². The van der Waals surface area contributed by atoms with E-state index in [2.05, 4.69) is 10.6 Å². The van der Waals surface area contributed by atoms with Crippen LogP contribution in [0.1, 0.15) is 18.4 Å². The van der Waals surface area contributed by atoms with Crippen molar-refractivity contribution in [3.05, 3.63) is 35.9 Å². The predicted molar refractivity (Wildman–Crippen MR) is 68.1 cm³/mol. The molecule has 1 amide bonds. The summed E-state index contributed by atoms with van der Waals surface area (Å²) in [6.07, 6.45) is 1.99. The van der Waals surface area contributed by atoms with Crippen molar-refractivity contribution < 1.29 is 9.53 Å². The molecule has 1 aliphatic heterocycles. The lowest BCUT2D eigenvalue weighted by atomic mass is 9.60. The van der Waals surface area contributed by atoms with Gasteiger partial charge in [0.2, 0.25) is 0 Å². The number of benzene rings is 1. The Bertz CT molecular complexity index is 423. The Morgan fingerprint density at radius 2 is 2.17 bits per heavy atom. The van der Waals surface area contributed by atoms with Gasteiger partial charge in [-0.05, 0) is 18.4 Å². The summed E-state index contributed by atoms with van der Waals surface area (Å²) in [5, 5.41) is 6.25. The van der Waals surface area contributed by atoms with Crippen molar-refractivity contribution in [2.45, 2.75) is 25.5 Å². The zero-order valence-electron chi connectivity index (χ0n) is 10.3. The summed E-state index contributed by atoms with van der Waals surface area (Å²) in [4.78, 5) is 11.7. The summed E-state index contributed by atoms with van der Waals surface area (Å²) < 4.78 is 5.23. The van der Waals surface area contributed by atoms with Crippen LogP contribution in [0, 0.1) is 5.41 Å². The van der Waals surface area contributed by atoms with Gasteiger partial charge in [-0.2, -0.15) is 0 Å². The van der Waals surface area contributed by atoms with E-state index < -0.39 is 0 Å². The third kappa shape index (κ3) is 2.08. The summed E-state index contributed by atoms with van der Waals surface area (Å²) >= 11 is 0. The molecule has 1 aromatic carbocycles. The lowest BCUT2D eigenvalue weighted by Crippen LogP contribution is -2.69. The van der Waals surface area contributed by atoms with Crippen LogP contribution >= 0.6 is 0 Å². The molecule has 0 bridgehead atoms. The zero-order valence-corrected chi connectivity index (χ0v) is 10.3. The summed E-state index contributed by atoms with van der Waals surface area (Å²) in [5.41, 5.74) is 1.34. The van der Waals surface area contributed by atoms with Gasteiger partial charge < -0.3 is 15.4 Å². The quantitative estimate of drug-likeness (QED) is 0.853. The highest BCUT2D eigenvalue weighted by Crippen LogP contribution is 2.44. The van der Waals surface area contributed by atoms with Crippen LogP contribution < -0.4 is 10.6 Å². The SMILES string of the molecule is O=C(NC1CCC12CNC2)OCc1ccccc1. The first-order chi connectivity index (χ1) is 8.78. The highest BCUT2D eigenvalue weighted by Gasteiger charge is 2.51. The van der Waals surface area contributed by atoms with Gasteiger partial charge in [0.05, 0.1) is 0 Å². The second-order valence-electron chi connectivity index (χ2n) is 5.26. The third-order valence-electron chi connectivity index (χ3n) is 4.13. The Balaban J connectivity index is 1.45. The summed E-state index contributed by atoms with van der Waals surface area (Å²) in [7, 11) is 0. The average molecular weight is 246 g/mol. The van der Waals surface area contributed by atoms with Crippen LogP contribution in [0.5, 0.6) is 0 Å². The normalized spacial score (nSPS) is 23.9. The van der Waals surface area contributed by atoms with Gasteiger partial charge in [-0.25, -0.2) is 4.79 Å². The molecule has 96 valence electrons. The Morgan fingerprint density at radius 1 is 1.39 bits per heavy atom. The molecule has 1 aliphatic carbocycles. The standard InChI is InChI=1S/C14H18N2O2/c17-13(18-8-11-4-2-1-3-5-11)16-12-6-7-14(12)9-15-10-14/h1-5,12,15H,6-10H2,(H,16,17). The molecule has 2 N–H and O–H groups in total. The lowest BCUT2D eigenvalue weighted by Gasteiger charge is -2.56. The molecule has 1 saturated heterocycles. The maximum atomic E-state index is 11.7. The van der Waals surface area contributed by atoms with E-state index in [1.54, 1.807) is 0 Å². The van der Waals surface area contributed by atoms with E-state index in [0.717, 1.165) is 25.1 Å². The summed E-state index contributed by atoms with van der Waals surface area (Å²) in [6, 6.07) is 10.0. The molecule has 1 heterocycles. The second kappa shape index (κ2) is 4.61. The van der Waals surface area contributed by atoms with E-state index in [9.17, 15) is 4.79 Å². The number of alkyl carbamates (subject to hydrolysis) is 1. The highest BCUT2D eigenvalue weighted by atomic mass is 16.5. The van der Waals surface area contributed by atoms with Gasteiger partial charge in [-0.1, -0.05) is 30.3 Å². The van der Waals surface area contributed by atoms with Crippen molar-refractivity contribution in [2.24, 2.45) is 5.41 Å². The number of ether oxygens (including phenoxy) is 1. The molecule has 1 aromatic rings. The first-order valence-electron chi connectivity index (χ1n) is 6.46. The van der Waals surface area contributed by atoms with Crippen LogP contribution in [0.3, 0.4) is 0 Å². The molecule has 0 aromatic heterocycles. The Hall–Kier alpha value is -1.55. The van der Waals surface area contributed by atoms with Gasteiger partial charge in [0.25, 0.3) is 0 Å². The fraction of sp³-hybridized carbons (Fsp3) is 0.500. The van der Waals surface area contributed by atoms with Gasteiger partial charge >= 0.3 is 6.09 Å². The minimum Gasteiger partial charge on any atom is -0.445 e. The van der Waals surface area contributed by atoms with Crippen LogP contribution in [0.4, 0.5) is 4.79 Å². The molecule has 1 atom stereocenters. The maximum Gasteiger partial charge on any atom is 0.407 e. The molecule has 18 heavy (non-hydrogen) atoms. The van der Waals surface area contributed by atoms with Gasteiger partial charge in [0.1, 0.15) is 6.61 Å². The van der Waals surface area contributed by atoms with Crippen LogP contribution in [0.25, 0.3) is 0 Å². The van der Waals surface area contributed by atoms with Crippen molar-refractivity contribution >= 4 is 6.09 Å². The first-order valence-corrected chi connectivity index (χ1v) is 6.46. The van der Waals surface area contributed by atoms with Gasteiger partial charge in [0, 0.05) is 24.5 Å². The maximum absolute atomic E-state index is 11.7. The molecule has 1 spiro atoms. The van der Waals surface area contributed by atoms with Crippen molar-refractivity contribution in [1.29, 1.82) is 0 Å². The smallest absolute Gasteiger partial charge is 0.407 e. The average Bonchev–Trinajstić information content (AvgIpc) is 2.32. The van der Waals surface area contributed by atoms with Gasteiger partial charge in [0.15, 0.2) is 0 Å². The molecule has 2 aliphatic rings. The fourth-order valence-electron chi connectivity index (χ4n) is 2.70. The number of rotatable bonds is 3. The minimum atomic E-state index is -0.296. The van der Waals surface area contributed by atoms with E-state index in [0.29, 0.717) is 18.1 Å². The highest BCUT2D eigenvalue weighted by molar-refractivity contribution is 5.68. The van der Waals surface area contributed by atoms with E-state index in [4.69, 9.17) is 4.74 Å². The molecule has 1 saturated carbocycles. The van der Waals surface area contributed by atoms with Crippen LogP contribution in [-0.2, 0) is 11.3 Å². The van der Waals surface area contributed by atoms with E-state index in [1.165, 1.54) is 6.42 Å². The molecular weight excluding hydrogens is 228 g/mol. The fourth-order valence-corrected chi connectivity index (χ4v) is 2.70. The molecule has 1 unspecified atom stereocenters. The van der Waals surface area contributed by atoms with Gasteiger partial charge in [-0.15, -0.1) is 0 Å². The van der Waals surface area contributed by atoms with E-state index in [-0.39, 0.29) is 6.09 Å². The molecule has 0 radical (unpaired) electrons. The van der Waals surface area contributed by atoms with E-state index >= 15 is 0 Å².